The van der Waals surface area contributed by atoms with Crippen LogP contribution in [0.1, 0.15) is 17.2 Å². The molecule has 0 amide bonds. The first-order valence-electron chi connectivity index (χ1n) is 7.88. The maximum Gasteiger partial charge on any atom is 0.121 e. The summed E-state index contributed by atoms with van der Waals surface area (Å²) < 4.78 is 0. The summed E-state index contributed by atoms with van der Waals surface area (Å²) in [5.74, 6) is 0.287. The van der Waals surface area contributed by atoms with Gasteiger partial charge in [0.1, 0.15) is 5.75 Å². The van der Waals surface area contributed by atoms with Crippen LogP contribution in [0, 0.1) is 0 Å². The van der Waals surface area contributed by atoms with Gasteiger partial charge in [-0.3, -0.25) is 0 Å². The zero-order valence-electron chi connectivity index (χ0n) is 12.9. The maximum absolute atomic E-state index is 10.5. The minimum atomic E-state index is -0.0596. The van der Waals surface area contributed by atoms with Gasteiger partial charge in [0.2, 0.25) is 0 Å². The minimum Gasteiger partial charge on any atom is -0.508 e. The fraction of sp³-hybridized carbons (Fsp3) is 0.200. The number of benzene rings is 3. The van der Waals surface area contributed by atoms with Crippen LogP contribution >= 0.6 is 0 Å². The van der Waals surface area contributed by atoms with Crippen molar-refractivity contribution in [1.82, 2.24) is 5.32 Å². The molecular formula is C20H21NO2. The van der Waals surface area contributed by atoms with Gasteiger partial charge in [0.25, 0.3) is 0 Å². The van der Waals surface area contributed by atoms with Gasteiger partial charge in [0.15, 0.2) is 0 Å². The van der Waals surface area contributed by atoms with Crippen LogP contribution in [0.2, 0.25) is 0 Å². The monoisotopic (exact) mass is 307 g/mol. The molecule has 3 nitrogen and oxygen atoms in total. The third-order valence-electron chi connectivity index (χ3n) is 4.08. The van der Waals surface area contributed by atoms with Gasteiger partial charge in [0, 0.05) is 18.2 Å². The molecule has 3 rings (SSSR count). The van der Waals surface area contributed by atoms with E-state index >= 15 is 0 Å². The highest BCUT2D eigenvalue weighted by molar-refractivity contribution is 5.88. The molecule has 0 aliphatic carbocycles. The Balaban J connectivity index is 2.04. The van der Waals surface area contributed by atoms with Crippen LogP contribution in [-0.2, 0) is 6.42 Å². The lowest BCUT2D eigenvalue weighted by Crippen LogP contribution is -2.26. The summed E-state index contributed by atoms with van der Waals surface area (Å²) in [6.45, 7) is 0.553. The normalized spacial score (nSPS) is 12.4. The number of phenols is 1. The number of aromatic hydroxyl groups is 1. The van der Waals surface area contributed by atoms with E-state index in [-0.39, 0.29) is 18.4 Å². The van der Waals surface area contributed by atoms with Crippen LogP contribution in [0.25, 0.3) is 10.8 Å². The van der Waals surface area contributed by atoms with E-state index in [4.69, 9.17) is 0 Å². The molecule has 3 heteroatoms. The number of hydrogen-bond acceptors (Lipinski definition) is 3. The Morgan fingerprint density at radius 1 is 0.870 bits per heavy atom. The highest BCUT2D eigenvalue weighted by Crippen LogP contribution is 2.34. The van der Waals surface area contributed by atoms with Crippen LogP contribution < -0.4 is 5.32 Å². The second-order valence-electron chi connectivity index (χ2n) is 5.64. The van der Waals surface area contributed by atoms with Crippen LogP contribution in [0.15, 0.2) is 66.7 Å². The Bertz CT molecular complexity index is 771. The summed E-state index contributed by atoms with van der Waals surface area (Å²) >= 11 is 0. The standard InChI is InChI=1S/C20H21NO2/c22-13-12-21-18(14-15-6-2-1-3-7-15)20-17-9-5-4-8-16(17)10-11-19(20)23/h1-11,18,21-23H,12-14H2. The SMILES string of the molecule is OCCNC(Cc1ccccc1)c1c(O)ccc2ccccc12. The van der Waals surface area contributed by atoms with Gasteiger partial charge in [0.05, 0.1) is 6.61 Å². The van der Waals surface area contributed by atoms with E-state index in [0.29, 0.717) is 6.54 Å². The molecule has 0 saturated heterocycles. The first kappa shape index (κ1) is 15.5. The average molecular weight is 307 g/mol. The van der Waals surface area contributed by atoms with Crippen molar-refractivity contribution < 1.29 is 10.2 Å². The highest BCUT2D eigenvalue weighted by atomic mass is 16.3. The van der Waals surface area contributed by atoms with Crippen molar-refractivity contribution in [3.63, 3.8) is 0 Å². The van der Waals surface area contributed by atoms with E-state index in [2.05, 4.69) is 17.4 Å². The maximum atomic E-state index is 10.5. The Hall–Kier alpha value is -2.36. The molecule has 3 aromatic rings. The number of hydrogen-bond donors (Lipinski definition) is 3. The van der Waals surface area contributed by atoms with E-state index in [9.17, 15) is 10.2 Å². The van der Waals surface area contributed by atoms with Gasteiger partial charge >= 0.3 is 0 Å². The third-order valence-corrected chi connectivity index (χ3v) is 4.08. The molecular weight excluding hydrogens is 286 g/mol. The molecule has 3 N–H and O–H groups in total. The van der Waals surface area contributed by atoms with Gasteiger partial charge in [-0.25, -0.2) is 0 Å². The molecule has 0 aromatic heterocycles. The molecule has 0 fully saturated rings. The van der Waals surface area contributed by atoms with Gasteiger partial charge in [-0.15, -0.1) is 0 Å². The topological polar surface area (TPSA) is 52.5 Å². The van der Waals surface area contributed by atoms with Gasteiger partial charge in [-0.2, -0.15) is 0 Å². The first-order chi connectivity index (χ1) is 11.3. The quantitative estimate of drug-likeness (QED) is 0.654. The lowest BCUT2D eigenvalue weighted by atomic mass is 9.93. The molecule has 23 heavy (non-hydrogen) atoms. The molecule has 0 radical (unpaired) electrons. The largest absolute Gasteiger partial charge is 0.508 e. The first-order valence-corrected chi connectivity index (χ1v) is 7.88. The second-order valence-corrected chi connectivity index (χ2v) is 5.64. The molecule has 0 spiro atoms. The van der Waals surface area contributed by atoms with Crippen molar-refractivity contribution in [2.24, 2.45) is 0 Å². The average Bonchev–Trinajstić information content (AvgIpc) is 2.60. The number of aliphatic hydroxyl groups excluding tert-OH is 1. The molecule has 0 heterocycles. The van der Waals surface area contributed by atoms with E-state index < -0.39 is 0 Å². The lowest BCUT2D eigenvalue weighted by molar-refractivity contribution is 0.283. The van der Waals surface area contributed by atoms with E-state index in [1.807, 2.05) is 48.5 Å². The lowest BCUT2D eigenvalue weighted by Gasteiger charge is -2.22. The Morgan fingerprint density at radius 2 is 1.61 bits per heavy atom. The van der Waals surface area contributed by atoms with Crippen LogP contribution in [0.3, 0.4) is 0 Å². The van der Waals surface area contributed by atoms with E-state index in [1.54, 1.807) is 6.07 Å². The molecule has 1 unspecified atom stereocenters. The number of fused-ring (bicyclic) bond motifs is 1. The smallest absolute Gasteiger partial charge is 0.121 e. The highest BCUT2D eigenvalue weighted by Gasteiger charge is 2.18. The summed E-state index contributed by atoms with van der Waals surface area (Å²) in [6.07, 6.45) is 0.752. The second kappa shape index (κ2) is 7.27. The van der Waals surface area contributed by atoms with E-state index in [1.165, 1.54) is 5.56 Å². The van der Waals surface area contributed by atoms with Crippen molar-refractivity contribution >= 4 is 10.8 Å². The van der Waals surface area contributed by atoms with Gasteiger partial charge in [-0.1, -0.05) is 60.7 Å². The molecule has 0 saturated carbocycles. The summed E-state index contributed by atoms with van der Waals surface area (Å²) in [5, 5.41) is 25.1. The van der Waals surface area contributed by atoms with Crippen molar-refractivity contribution in [3.8, 4) is 5.75 Å². The Kier molecular flexibility index (Phi) is 4.91. The zero-order chi connectivity index (χ0) is 16.1. The summed E-state index contributed by atoms with van der Waals surface area (Å²) in [4.78, 5) is 0. The number of phenolic OH excluding ortho intramolecular Hbond substituents is 1. The fourth-order valence-electron chi connectivity index (χ4n) is 3.02. The zero-order valence-corrected chi connectivity index (χ0v) is 12.9. The van der Waals surface area contributed by atoms with E-state index in [0.717, 1.165) is 22.8 Å². The van der Waals surface area contributed by atoms with Gasteiger partial charge in [-0.05, 0) is 28.8 Å². The number of rotatable bonds is 6. The molecule has 1 atom stereocenters. The fourth-order valence-corrected chi connectivity index (χ4v) is 3.02. The van der Waals surface area contributed by atoms with Crippen molar-refractivity contribution in [2.75, 3.05) is 13.2 Å². The summed E-state index contributed by atoms with van der Waals surface area (Å²) in [7, 11) is 0. The molecule has 3 aromatic carbocycles. The Morgan fingerprint density at radius 3 is 2.39 bits per heavy atom. The van der Waals surface area contributed by atoms with Crippen LogP contribution in [-0.4, -0.2) is 23.4 Å². The van der Waals surface area contributed by atoms with Crippen molar-refractivity contribution in [1.29, 1.82) is 0 Å². The summed E-state index contributed by atoms with van der Waals surface area (Å²) in [5.41, 5.74) is 2.08. The summed E-state index contributed by atoms with van der Waals surface area (Å²) in [6, 6.07) is 21.9. The molecule has 118 valence electrons. The predicted octanol–water partition coefficient (Wildman–Crippen LogP) is 3.41. The Labute approximate surface area is 136 Å². The minimum absolute atomic E-state index is 0.0596. The predicted molar refractivity (Wildman–Crippen MR) is 93.6 cm³/mol. The molecule has 0 bridgehead atoms. The van der Waals surface area contributed by atoms with Gasteiger partial charge < -0.3 is 15.5 Å². The number of aliphatic hydroxyl groups is 1. The van der Waals surface area contributed by atoms with Crippen LogP contribution in [0.5, 0.6) is 5.75 Å². The third kappa shape index (κ3) is 3.52. The molecule has 0 aliphatic heterocycles. The number of nitrogens with one attached hydrogen (secondary N) is 1. The molecule has 0 aliphatic rings. The van der Waals surface area contributed by atoms with Crippen molar-refractivity contribution in [2.45, 2.75) is 12.5 Å². The van der Waals surface area contributed by atoms with Crippen molar-refractivity contribution in [3.05, 3.63) is 77.9 Å². The van der Waals surface area contributed by atoms with Crippen LogP contribution in [0.4, 0.5) is 0 Å².